The Morgan fingerprint density at radius 1 is 1.24 bits per heavy atom. The summed E-state index contributed by atoms with van der Waals surface area (Å²) in [5, 5.41) is 2.68. The van der Waals surface area contributed by atoms with Crippen molar-refractivity contribution in [3.8, 4) is 0 Å². The summed E-state index contributed by atoms with van der Waals surface area (Å²) in [6, 6.07) is 7.57. The lowest BCUT2D eigenvalue weighted by Crippen LogP contribution is -2.39. The standard InChI is InChI=1S/C15H23N3O3/c1-18(11-14(19)17-7-8-21-2)15(20)9-12-3-5-13(10-16)6-4-12/h3-6H,7-11,16H2,1-2H3,(H,17,19). The fraction of sp³-hybridized carbons (Fsp3) is 0.467. The molecule has 0 unspecified atom stereocenters. The molecule has 0 radical (unpaired) electrons. The van der Waals surface area contributed by atoms with Crippen LogP contribution < -0.4 is 11.1 Å². The number of carbonyl (C=O) groups excluding carboxylic acids is 2. The first-order valence-electron chi connectivity index (χ1n) is 6.84. The van der Waals surface area contributed by atoms with Crippen LogP contribution in [0.15, 0.2) is 24.3 Å². The van der Waals surface area contributed by atoms with Crippen molar-refractivity contribution in [3.63, 3.8) is 0 Å². The number of benzene rings is 1. The third-order valence-corrected chi connectivity index (χ3v) is 3.05. The van der Waals surface area contributed by atoms with Gasteiger partial charge in [-0.2, -0.15) is 0 Å². The second kappa shape index (κ2) is 9.10. The molecule has 0 spiro atoms. The summed E-state index contributed by atoms with van der Waals surface area (Å²) in [5.74, 6) is -0.293. The van der Waals surface area contributed by atoms with E-state index in [0.717, 1.165) is 11.1 Å². The van der Waals surface area contributed by atoms with Crippen LogP contribution in [0, 0.1) is 0 Å². The van der Waals surface area contributed by atoms with Crippen LogP contribution in [0.5, 0.6) is 0 Å². The Morgan fingerprint density at radius 3 is 2.43 bits per heavy atom. The Labute approximate surface area is 125 Å². The molecule has 21 heavy (non-hydrogen) atoms. The van der Waals surface area contributed by atoms with Crippen LogP contribution in [-0.4, -0.2) is 50.6 Å². The van der Waals surface area contributed by atoms with Gasteiger partial charge in [-0.1, -0.05) is 24.3 Å². The number of ether oxygens (including phenoxy) is 1. The molecule has 0 saturated carbocycles. The number of rotatable bonds is 8. The molecule has 0 aliphatic carbocycles. The number of nitrogens with one attached hydrogen (secondary N) is 1. The Balaban J connectivity index is 2.41. The number of likely N-dealkylation sites (N-methyl/N-ethyl adjacent to an activating group) is 1. The van der Waals surface area contributed by atoms with Gasteiger partial charge in [0.2, 0.25) is 11.8 Å². The SMILES string of the molecule is COCCNC(=O)CN(C)C(=O)Cc1ccc(CN)cc1. The van der Waals surface area contributed by atoms with Crippen LogP contribution >= 0.6 is 0 Å². The molecule has 6 heteroatoms. The largest absolute Gasteiger partial charge is 0.383 e. The first kappa shape index (κ1) is 17.1. The van der Waals surface area contributed by atoms with Crippen LogP contribution in [0.4, 0.5) is 0 Å². The maximum absolute atomic E-state index is 12.0. The van der Waals surface area contributed by atoms with E-state index in [1.807, 2.05) is 24.3 Å². The second-order valence-electron chi connectivity index (χ2n) is 4.79. The molecular weight excluding hydrogens is 270 g/mol. The van der Waals surface area contributed by atoms with E-state index >= 15 is 0 Å². The maximum Gasteiger partial charge on any atom is 0.239 e. The van der Waals surface area contributed by atoms with E-state index in [9.17, 15) is 9.59 Å². The lowest BCUT2D eigenvalue weighted by molar-refractivity contribution is -0.134. The molecule has 116 valence electrons. The highest BCUT2D eigenvalue weighted by Crippen LogP contribution is 2.05. The highest BCUT2D eigenvalue weighted by molar-refractivity contribution is 5.85. The predicted octanol–water partition coefficient (Wildman–Crippen LogP) is -0.0912. The van der Waals surface area contributed by atoms with Crippen LogP contribution in [-0.2, 0) is 27.3 Å². The summed E-state index contributed by atoms with van der Waals surface area (Å²) in [6.45, 7) is 1.42. The summed E-state index contributed by atoms with van der Waals surface area (Å²) >= 11 is 0. The van der Waals surface area contributed by atoms with Crippen molar-refractivity contribution in [2.24, 2.45) is 5.73 Å². The lowest BCUT2D eigenvalue weighted by Gasteiger charge is -2.17. The van der Waals surface area contributed by atoms with Gasteiger partial charge in [0.15, 0.2) is 0 Å². The Kier molecular flexibility index (Phi) is 7.42. The zero-order valence-electron chi connectivity index (χ0n) is 12.6. The summed E-state index contributed by atoms with van der Waals surface area (Å²) < 4.78 is 4.84. The minimum Gasteiger partial charge on any atom is -0.383 e. The maximum atomic E-state index is 12.0. The Morgan fingerprint density at radius 2 is 1.86 bits per heavy atom. The minimum absolute atomic E-state index is 0.0451. The van der Waals surface area contributed by atoms with E-state index in [1.54, 1.807) is 14.2 Å². The highest BCUT2D eigenvalue weighted by Gasteiger charge is 2.13. The van der Waals surface area contributed by atoms with Crippen molar-refractivity contribution < 1.29 is 14.3 Å². The topological polar surface area (TPSA) is 84.7 Å². The molecule has 0 fully saturated rings. The Bertz CT molecular complexity index is 460. The third kappa shape index (κ3) is 6.37. The number of amides is 2. The minimum atomic E-state index is -0.193. The van der Waals surface area contributed by atoms with E-state index in [1.165, 1.54) is 4.90 Å². The average molecular weight is 293 g/mol. The van der Waals surface area contributed by atoms with Crippen molar-refractivity contribution in [3.05, 3.63) is 35.4 Å². The third-order valence-electron chi connectivity index (χ3n) is 3.05. The predicted molar refractivity (Wildman–Crippen MR) is 80.6 cm³/mol. The quantitative estimate of drug-likeness (QED) is 0.656. The smallest absolute Gasteiger partial charge is 0.239 e. The van der Waals surface area contributed by atoms with Crippen molar-refractivity contribution in [1.29, 1.82) is 0 Å². The van der Waals surface area contributed by atoms with E-state index in [0.29, 0.717) is 19.7 Å². The molecule has 1 aromatic rings. The van der Waals surface area contributed by atoms with Crippen molar-refractivity contribution in [2.75, 3.05) is 33.9 Å². The van der Waals surface area contributed by atoms with Crippen molar-refractivity contribution in [2.45, 2.75) is 13.0 Å². The molecule has 0 aliphatic rings. The molecule has 0 heterocycles. The van der Waals surface area contributed by atoms with E-state index in [2.05, 4.69) is 5.32 Å². The van der Waals surface area contributed by atoms with Gasteiger partial charge in [-0.25, -0.2) is 0 Å². The van der Waals surface area contributed by atoms with E-state index in [-0.39, 0.29) is 24.8 Å². The van der Waals surface area contributed by atoms with Crippen molar-refractivity contribution in [1.82, 2.24) is 10.2 Å². The molecule has 0 atom stereocenters. The molecule has 6 nitrogen and oxygen atoms in total. The molecule has 1 aromatic carbocycles. The van der Waals surface area contributed by atoms with Crippen LogP contribution in [0.25, 0.3) is 0 Å². The summed E-state index contributed by atoms with van der Waals surface area (Å²) in [5.41, 5.74) is 7.46. The molecule has 1 rings (SSSR count). The van der Waals surface area contributed by atoms with Crippen LogP contribution in [0.2, 0.25) is 0 Å². The average Bonchev–Trinajstić information content (AvgIpc) is 2.48. The van der Waals surface area contributed by atoms with Gasteiger partial charge in [0.05, 0.1) is 19.6 Å². The number of nitrogens with zero attached hydrogens (tertiary/aromatic N) is 1. The van der Waals surface area contributed by atoms with E-state index < -0.39 is 0 Å². The number of hydrogen-bond donors (Lipinski definition) is 2. The monoisotopic (exact) mass is 293 g/mol. The van der Waals surface area contributed by atoms with Crippen LogP contribution in [0.3, 0.4) is 0 Å². The van der Waals surface area contributed by atoms with Gasteiger partial charge < -0.3 is 20.7 Å². The summed E-state index contributed by atoms with van der Waals surface area (Å²) in [4.78, 5) is 25.0. The van der Waals surface area contributed by atoms with Gasteiger partial charge in [-0.15, -0.1) is 0 Å². The molecular formula is C15H23N3O3. The number of hydrogen-bond acceptors (Lipinski definition) is 4. The van der Waals surface area contributed by atoms with E-state index in [4.69, 9.17) is 10.5 Å². The van der Waals surface area contributed by atoms with Crippen LogP contribution in [0.1, 0.15) is 11.1 Å². The lowest BCUT2D eigenvalue weighted by atomic mass is 10.1. The number of nitrogens with two attached hydrogens (primary N) is 1. The number of carbonyl (C=O) groups is 2. The van der Waals surface area contributed by atoms with Gasteiger partial charge in [-0.05, 0) is 11.1 Å². The summed E-state index contributed by atoms with van der Waals surface area (Å²) in [6.07, 6.45) is 0.271. The van der Waals surface area contributed by atoms with Crippen molar-refractivity contribution >= 4 is 11.8 Å². The Hall–Kier alpha value is -1.92. The van der Waals surface area contributed by atoms with Gasteiger partial charge in [-0.3, -0.25) is 9.59 Å². The van der Waals surface area contributed by atoms with Gasteiger partial charge in [0.25, 0.3) is 0 Å². The molecule has 0 aliphatic heterocycles. The summed E-state index contributed by atoms with van der Waals surface area (Å²) in [7, 11) is 3.18. The molecule has 3 N–H and O–H groups in total. The zero-order valence-corrected chi connectivity index (χ0v) is 12.6. The molecule has 2 amide bonds. The van der Waals surface area contributed by atoms with Gasteiger partial charge in [0, 0.05) is 27.2 Å². The second-order valence-corrected chi connectivity index (χ2v) is 4.79. The van der Waals surface area contributed by atoms with Gasteiger partial charge in [0.1, 0.15) is 0 Å². The number of methoxy groups -OCH3 is 1. The first-order valence-corrected chi connectivity index (χ1v) is 6.84. The first-order chi connectivity index (χ1) is 10.1. The molecule has 0 saturated heterocycles. The molecule has 0 aromatic heterocycles. The molecule has 0 bridgehead atoms. The van der Waals surface area contributed by atoms with Gasteiger partial charge >= 0.3 is 0 Å². The highest BCUT2D eigenvalue weighted by atomic mass is 16.5. The normalized spacial score (nSPS) is 10.2. The zero-order chi connectivity index (χ0) is 15.7. The fourth-order valence-corrected chi connectivity index (χ4v) is 1.75. The fourth-order valence-electron chi connectivity index (χ4n) is 1.75.